The van der Waals surface area contributed by atoms with Crippen LogP contribution in [0.3, 0.4) is 0 Å². The van der Waals surface area contributed by atoms with Crippen molar-refractivity contribution in [3.8, 4) is 11.5 Å². The van der Waals surface area contributed by atoms with Crippen LogP contribution in [0.1, 0.15) is 12.5 Å². The minimum atomic E-state index is -3.98. The number of carbonyl (C=O) groups excluding carboxylic acids is 1. The lowest BCUT2D eigenvalue weighted by atomic mass is 10.2. The molecular formula is C11H13ClO6S. The zero-order valence-corrected chi connectivity index (χ0v) is 12.2. The van der Waals surface area contributed by atoms with Crippen molar-refractivity contribution in [2.75, 3.05) is 14.2 Å². The number of rotatable bonds is 5. The van der Waals surface area contributed by atoms with E-state index < -0.39 is 15.0 Å². The van der Waals surface area contributed by atoms with E-state index in [1.165, 1.54) is 33.3 Å². The Hall–Kier alpha value is -1.47. The Balaban J connectivity index is 3.33. The van der Waals surface area contributed by atoms with Gasteiger partial charge in [-0.15, -0.1) is 0 Å². The Bertz CT molecular complexity index is 581. The number of hydrogen-bond acceptors (Lipinski definition) is 6. The Morgan fingerprint density at radius 1 is 1.21 bits per heavy atom. The molecular weight excluding hydrogens is 296 g/mol. The number of methoxy groups -OCH3 is 2. The van der Waals surface area contributed by atoms with Crippen LogP contribution in [-0.4, -0.2) is 28.6 Å². The predicted octanol–water partition coefficient (Wildman–Crippen LogP) is 1.69. The van der Waals surface area contributed by atoms with Crippen LogP contribution in [0, 0.1) is 0 Å². The maximum Gasteiger partial charge on any atom is 0.302 e. The summed E-state index contributed by atoms with van der Waals surface area (Å²) in [6, 6.07) is 2.62. The minimum Gasteiger partial charge on any atom is -0.496 e. The van der Waals surface area contributed by atoms with Crippen LogP contribution in [0.25, 0.3) is 0 Å². The second-order valence-electron chi connectivity index (χ2n) is 3.53. The number of halogens is 1. The minimum absolute atomic E-state index is 0.0541. The standard InChI is InChI=1S/C11H13ClO6S/c1-7(13)18-6-8-4-11(19(12,14)15)10(17-3)5-9(8)16-2/h4-5H,6H2,1-3H3. The van der Waals surface area contributed by atoms with Crippen LogP contribution in [0.2, 0.25) is 0 Å². The Labute approximate surface area is 115 Å². The van der Waals surface area contributed by atoms with Crippen LogP contribution in [0.4, 0.5) is 0 Å². The van der Waals surface area contributed by atoms with E-state index in [1.807, 2.05) is 0 Å². The van der Waals surface area contributed by atoms with Crippen LogP contribution in [0.5, 0.6) is 11.5 Å². The largest absolute Gasteiger partial charge is 0.496 e. The predicted molar refractivity (Wildman–Crippen MR) is 68.1 cm³/mol. The molecule has 8 heteroatoms. The summed E-state index contributed by atoms with van der Waals surface area (Å²) in [4.78, 5) is 10.6. The van der Waals surface area contributed by atoms with Crippen molar-refractivity contribution in [3.05, 3.63) is 17.7 Å². The lowest BCUT2D eigenvalue weighted by Crippen LogP contribution is -2.04. The van der Waals surface area contributed by atoms with Crippen molar-refractivity contribution in [3.63, 3.8) is 0 Å². The summed E-state index contributed by atoms with van der Waals surface area (Å²) in [6.45, 7) is 1.12. The quantitative estimate of drug-likeness (QED) is 0.608. The van der Waals surface area contributed by atoms with Gasteiger partial charge in [0.25, 0.3) is 9.05 Å². The first-order chi connectivity index (χ1) is 8.79. The van der Waals surface area contributed by atoms with Gasteiger partial charge in [-0.05, 0) is 6.07 Å². The third-order valence-electron chi connectivity index (χ3n) is 2.26. The molecule has 0 heterocycles. The van der Waals surface area contributed by atoms with Gasteiger partial charge >= 0.3 is 5.97 Å². The first kappa shape index (κ1) is 15.6. The lowest BCUT2D eigenvalue weighted by Gasteiger charge is -2.13. The maximum atomic E-state index is 11.4. The molecule has 0 atom stereocenters. The molecule has 0 saturated carbocycles. The fourth-order valence-electron chi connectivity index (χ4n) is 1.42. The molecule has 0 aliphatic carbocycles. The third kappa shape index (κ3) is 4.00. The van der Waals surface area contributed by atoms with Gasteiger partial charge in [-0.3, -0.25) is 4.79 Å². The van der Waals surface area contributed by atoms with E-state index >= 15 is 0 Å². The van der Waals surface area contributed by atoms with E-state index in [-0.39, 0.29) is 17.3 Å². The number of benzene rings is 1. The highest BCUT2D eigenvalue weighted by Crippen LogP contribution is 2.34. The molecule has 1 rings (SSSR count). The Morgan fingerprint density at radius 3 is 2.21 bits per heavy atom. The SMILES string of the molecule is COc1cc(OC)c(S(=O)(=O)Cl)cc1COC(C)=O. The molecule has 0 aromatic heterocycles. The van der Waals surface area contributed by atoms with Gasteiger partial charge in [0.2, 0.25) is 0 Å². The third-order valence-corrected chi connectivity index (χ3v) is 3.60. The summed E-state index contributed by atoms with van der Waals surface area (Å²) in [5, 5.41) is 0. The summed E-state index contributed by atoms with van der Waals surface area (Å²) < 4.78 is 37.7. The van der Waals surface area contributed by atoms with Crippen molar-refractivity contribution in [1.29, 1.82) is 0 Å². The molecule has 1 aromatic carbocycles. The van der Waals surface area contributed by atoms with Crippen molar-refractivity contribution in [2.45, 2.75) is 18.4 Å². The molecule has 0 spiro atoms. The van der Waals surface area contributed by atoms with Gasteiger partial charge in [0.1, 0.15) is 23.0 Å². The normalized spacial score (nSPS) is 10.9. The van der Waals surface area contributed by atoms with Gasteiger partial charge < -0.3 is 14.2 Å². The molecule has 1 aromatic rings. The molecule has 0 aliphatic heterocycles. The van der Waals surface area contributed by atoms with Crippen molar-refractivity contribution in [2.24, 2.45) is 0 Å². The average molecular weight is 309 g/mol. The van der Waals surface area contributed by atoms with Crippen molar-refractivity contribution >= 4 is 25.7 Å². The number of esters is 1. The van der Waals surface area contributed by atoms with E-state index in [4.69, 9.17) is 24.9 Å². The van der Waals surface area contributed by atoms with Crippen LogP contribution < -0.4 is 9.47 Å². The zero-order chi connectivity index (χ0) is 14.6. The van der Waals surface area contributed by atoms with Crippen LogP contribution >= 0.6 is 10.7 Å². The molecule has 0 N–H and O–H groups in total. The lowest BCUT2D eigenvalue weighted by molar-refractivity contribution is -0.142. The van der Waals surface area contributed by atoms with Crippen molar-refractivity contribution in [1.82, 2.24) is 0 Å². The molecule has 0 unspecified atom stereocenters. The summed E-state index contributed by atoms with van der Waals surface area (Å²) in [6.07, 6.45) is 0. The highest BCUT2D eigenvalue weighted by atomic mass is 35.7. The molecule has 0 amide bonds. The topological polar surface area (TPSA) is 78.9 Å². The highest BCUT2D eigenvalue weighted by Gasteiger charge is 2.20. The van der Waals surface area contributed by atoms with Crippen molar-refractivity contribution < 1.29 is 27.4 Å². The number of hydrogen-bond donors (Lipinski definition) is 0. The number of carbonyl (C=O) groups is 1. The van der Waals surface area contributed by atoms with Gasteiger partial charge in [-0.2, -0.15) is 0 Å². The fraction of sp³-hybridized carbons (Fsp3) is 0.364. The molecule has 106 valence electrons. The van der Waals surface area contributed by atoms with E-state index in [1.54, 1.807) is 0 Å². The monoisotopic (exact) mass is 308 g/mol. The fourth-order valence-corrected chi connectivity index (χ4v) is 2.44. The van der Waals surface area contributed by atoms with E-state index in [0.717, 1.165) is 0 Å². The summed E-state index contributed by atoms with van der Waals surface area (Å²) in [5.41, 5.74) is 0.373. The molecule has 0 aliphatic rings. The first-order valence-electron chi connectivity index (χ1n) is 5.12. The first-order valence-corrected chi connectivity index (χ1v) is 7.43. The molecule has 0 bridgehead atoms. The van der Waals surface area contributed by atoms with Gasteiger partial charge in [-0.25, -0.2) is 8.42 Å². The Kier molecular flexibility index (Phi) is 5.02. The van der Waals surface area contributed by atoms with Gasteiger partial charge in [0, 0.05) is 29.2 Å². The van der Waals surface area contributed by atoms with Gasteiger partial charge in [-0.1, -0.05) is 0 Å². The van der Waals surface area contributed by atoms with Gasteiger partial charge in [0.05, 0.1) is 14.2 Å². The molecule has 19 heavy (non-hydrogen) atoms. The second-order valence-corrected chi connectivity index (χ2v) is 6.07. The summed E-state index contributed by atoms with van der Waals surface area (Å²) >= 11 is 0. The molecule has 6 nitrogen and oxygen atoms in total. The summed E-state index contributed by atoms with van der Waals surface area (Å²) in [5.74, 6) is -0.103. The van der Waals surface area contributed by atoms with E-state index in [2.05, 4.69) is 0 Å². The second kappa shape index (κ2) is 6.12. The Morgan fingerprint density at radius 2 is 1.79 bits per heavy atom. The highest BCUT2D eigenvalue weighted by molar-refractivity contribution is 8.13. The zero-order valence-electron chi connectivity index (χ0n) is 10.6. The van der Waals surface area contributed by atoms with E-state index in [9.17, 15) is 13.2 Å². The number of ether oxygens (including phenoxy) is 3. The smallest absolute Gasteiger partial charge is 0.302 e. The molecule has 0 saturated heterocycles. The van der Waals surface area contributed by atoms with Crippen LogP contribution in [0.15, 0.2) is 17.0 Å². The molecule has 0 radical (unpaired) electrons. The maximum absolute atomic E-state index is 11.4. The molecule has 0 fully saturated rings. The summed E-state index contributed by atoms with van der Waals surface area (Å²) in [7, 11) is 4.05. The average Bonchev–Trinajstić information content (AvgIpc) is 2.33. The van der Waals surface area contributed by atoms with E-state index in [0.29, 0.717) is 11.3 Å². The van der Waals surface area contributed by atoms with Gasteiger partial charge in [0.15, 0.2) is 0 Å². The van der Waals surface area contributed by atoms with Crippen LogP contribution in [-0.2, 0) is 25.2 Å².